The van der Waals surface area contributed by atoms with Crippen molar-refractivity contribution in [2.45, 2.75) is 5.88 Å². The average Bonchev–Trinajstić information content (AvgIpc) is 2.29. The predicted molar refractivity (Wildman–Crippen MR) is 62.0 cm³/mol. The molecule has 0 amide bonds. The van der Waals surface area contributed by atoms with Crippen LogP contribution in [0.15, 0.2) is 36.7 Å². The van der Waals surface area contributed by atoms with E-state index in [0.717, 1.165) is 11.1 Å². The second-order valence-electron chi connectivity index (χ2n) is 3.03. The first-order chi connectivity index (χ1) is 7.29. The Morgan fingerprint density at radius 3 is 2.40 bits per heavy atom. The molecule has 0 aliphatic heterocycles. The maximum Gasteiger partial charge on any atom is 0.142 e. The number of alkyl halides is 1. The van der Waals surface area contributed by atoms with Crippen LogP contribution in [0.4, 0.5) is 0 Å². The van der Waals surface area contributed by atoms with Crippen molar-refractivity contribution >= 4 is 23.2 Å². The third-order valence-corrected chi connectivity index (χ3v) is 2.46. The molecular formula is C11H8Cl2N2. The Labute approximate surface area is 97.9 Å². The highest BCUT2D eigenvalue weighted by atomic mass is 35.5. The van der Waals surface area contributed by atoms with Gasteiger partial charge in [0.1, 0.15) is 5.82 Å². The molecule has 0 atom stereocenters. The monoisotopic (exact) mass is 238 g/mol. The van der Waals surface area contributed by atoms with Gasteiger partial charge in [0, 0.05) is 23.0 Å². The minimum absolute atomic E-state index is 0.329. The van der Waals surface area contributed by atoms with E-state index in [2.05, 4.69) is 9.97 Å². The zero-order valence-electron chi connectivity index (χ0n) is 7.82. The first-order valence-corrected chi connectivity index (χ1v) is 5.33. The molecule has 0 N–H and O–H groups in total. The van der Waals surface area contributed by atoms with Crippen LogP contribution >= 0.6 is 23.2 Å². The molecule has 76 valence electrons. The van der Waals surface area contributed by atoms with Gasteiger partial charge >= 0.3 is 0 Å². The Kier molecular flexibility index (Phi) is 3.19. The van der Waals surface area contributed by atoms with Crippen LogP contribution in [0, 0.1) is 0 Å². The lowest BCUT2D eigenvalue weighted by Crippen LogP contribution is -1.90. The van der Waals surface area contributed by atoms with Crippen molar-refractivity contribution in [2.24, 2.45) is 0 Å². The molecule has 2 nitrogen and oxygen atoms in total. The van der Waals surface area contributed by atoms with Gasteiger partial charge in [-0.25, -0.2) is 9.97 Å². The molecule has 0 aliphatic carbocycles. The molecule has 0 unspecified atom stereocenters. The number of halogens is 2. The van der Waals surface area contributed by atoms with Gasteiger partial charge in [0.05, 0.1) is 5.88 Å². The normalized spacial score (nSPS) is 10.3. The predicted octanol–water partition coefficient (Wildman–Crippen LogP) is 3.54. The van der Waals surface area contributed by atoms with Crippen molar-refractivity contribution in [3.05, 3.63) is 47.5 Å². The highest BCUT2D eigenvalue weighted by Crippen LogP contribution is 2.21. The van der Waals surface area contributed by atoms with Gasteiger partial charge < -0.3 is 0 Å². The van der Waals surface area contributed by atoms with E-state index in [-0.39, 0.29) is 0 Å². The van der Waals surface area contributed by atoms with E-state index in [0.29, 0.717) is 16.7 Å². The van der Waals surface area contributed by atoms with Gasteiger partial charge in [-0.05, 0) is 17.7 Å². The zero-order valence-corrected chi connectivity index (χ0v) is 9.33. The number of benzene rings is 1. The maximum atomic E-state index is 5.89. The third-order valence-electron chi connectivity index (χ3n) is 1.98. The molecular weight excluding hydrogens is 231 g/mol. The summed E-state index contributed by atoms with van der Waals surface area (Å²) in [6.45, 7) is 0. The standard InChI is InChI=1S/C11H8Cl2N2/c12-5-11-14-6-9(7-15-11)8-2-1-3-10(13)4-8/h1-4,6-7H,5H2. The van der Waals surface area contributed by atoms with E-state index < -0.39 is 0 Å². The van der Waals surface area contributed by atoms with Crippen LogP contribution in [0.5, 0.6) is 0 Å². The van der Waals surface area contributed by atoms with Crippen LogP contribution in [-0.4, -0.2) is 9.97 Å². The quantitative estimate of drug-likeness (QED) is 0.749. The second kappa shape index (κ2) is 4.60. The molecule has 0 fully saturated rings. The summed E-state index contributed by atoms with van der Waals surface area (Å²) < 4.78 is 0. The summed E-state index contributed by atoms with van der Waals surface area (Å²) in [6, 6.07) is 7.57. The first-order valence-electron chi connectivity index (χ1n) is 4.42. The fourth-order valence-electron chi connectivity index (χ4n) is 1.24. The zero-order chi connectivity index (χ0) is 10.7. The molecule has 2 rings (SSSR count). The van der Waals surface area contributed by atoms with Crippen LogP contribution in [-0.2, 0) is 5.88 Å². The summed E-state index contributed by atoms with van der Waals surface area (Å²) in [6.07, 6.45) is 3.49. The molecule has 15 heavy (non-hydrogen) atoms. The van der Waals surface area contributed by atoms with E-state index in [1.165, 1.54) is 0 Å². The number of nitrogens with zero attached hydrogens (tertiary/aromatic N) is 2. The van der Waals surface area contributed by atoms with Crippen molar-refractivity contribution in [3.63, 3.8) is 0 Å². The van der Waals surface area contributed by atoms with Gasteiger partial charge in [0.15, 0.2) is 0 Å². The van der Waals surface area contributed by atoms with E-state index in [1.807, 2.05) is 24.3 Å². The van der Waals surface area contributed by atoms with Crippen molar-refractivity contribution < 1.29 is 0 Å². The smallest absolute Gasteiger partial charge is 0.142 e. The van der Waals surface area contributed by atoms with Crippen LogP contribution in [0.1, 0.15) is 5.82 Å². The molecule has 2 aromatic rings. The number of rotatable bonds is 2. The summed E-state index contributed by atoms with van der Waals surface area (Å²) in [5, 5.41) is 0.703. The lowest BCUT2D eigenvalue weighted by molar-refractivity contribution is 1.03. The third kappa shape index (κ3) is 2.46. The molecule has 0 bridgehead atoms. The molecule has 0 spiro atoms. The Morgan fingerprint density at radius 2 is 1.80 bits per heavy atom. The Hall–Kier alpha value is -1.12. The summed E-state index contributed by atoms with van der Waals surface area (Å²) in [4.78, 5) is 8.23. The lowest BCUT2D eigenvalue weighted by atomic mass is 10.1. The molecule has 0 saturated carbocycles. The molecule has 0 aliphatic rings. The van der Waals surface area contributed by atoms with Crippen molar-refractivity contribution in [2.75, 3.05) is 0 Å². The Bertz CT molecular complexity index is 454. The SMILES string of the molecule is ClCc1ncc(-c2cccc(Cl)c2)cn1. The molecule has 0 radical (unpaired) electrons. The summed E-state index contributed by atoms with van der Waals surface area (Å²) in [5.41, 5.74) is 1.94. The fraction of sp³-hybridized carbons (Fsp3) is 0.0909. The van der Waals surface area contributed by atoms with Crippen LogP contribution in [0.2, 0.25) is 5.02 Å². The lowest BCUT2D eigenvalue weighted by Gasteiger charge is -2.01. The van der Waals surface area contributed by atoms with Crippen LogP contribution in [0.25, 0.3) is 11.1 Å². The topological polar surface area (TPSA) is 25.8 Å². The summed E-state index contributed by atoms with van der Waals surface area (Å²) in [7, 11) is 0. The minimum Gasteiger partial charge on any atom is -0.239 e. The summed E-state index contributed by atoms with van der Waals surface area (Å²) >= 11 is 11.5. The molecule has 1 aromatic heterocycles. The van der Waals surface area contributed by atoms with Crippen molar-refractivity contribution in [1.82, 2.24) is 9.97 Å². The average molecular weight is 239 g/mol. The largest absolute Gasteiger partial charge is 0.239 e. The van der Waals surface area contributed by atoms with Gasteiger partial charge in [-0.1, -0.05) is 23.7 Å². The van der Waals surface area contributed by atoms with E-state index >= 15 is 0 Å². The molecule has 0 saturated heterocycles. The highest BCUT2D eigenvalue weighted by Gasteiger charge is 2.00. The number of hydrogen-bond donors (Lipinski definition) is 0. The van der Waals surface area contributed by atoms with E-state index in [9.17, 15) is 0 Å². The van der Waals surface area contributed by atoms with Crippen LogP contribution < -0.4 is 0 Å². The van der Waals surface area contributed by atoms with Gasteiger partial charge in [0.25, 0.3) is 0 Å². The summed E-state index contributed by atoms with van der Waals surface area (Å²) in [5.74, 6) is 0.956. The Balaban J connectivity index is 2.37. The molecule has 1 heterocycles. The molecule has 1 aromatic carbocycles. The van der Waals surface area contributed by atoms with Crippen molar-refractivity contribution in [3.8, 4) is 11.1 Å². The maximum absolute atomic E-state index is 5.89. The van der Waals surface area contributed by atoms with E-state index in [1.54, 1.807) is 12.4 Å². The highest BCUT2D eigenvalue weighted by molar-refractivity contribution is 6.30. The number of hydrogen-bond acceptors (Lipinski definition) is 2. The fourth-order valence-corrected chi connectivity index (χ4v) is 1.57. The van der Waals surface area contributed by atoms with Crippen LogP contribution in [0.3, 0.4) is 0 Å². The first kappa shape index (κ1) is 10.4. The van der Waals surface area contributed by atoms with Crippen molar-refractivity contribution in [1.29, 1.82) is 0 Å². The molecule has 4 heteroatoms. The minimum atomic E-state index is 0.329. The number of aromatic nitrogens is 2. The second-order valence-corrected chi connectivity index (χ2v) is 3.74. The van der Waals surface area contributed by atoms with Gasteiger partial charge in [0.2, 0.25) is 0 Å². The Morgan fingerprint density at radius 1 is 1.07 bits per heavy atom. The van der Waals surface area contributed by atoms with Gasteiger partial charge in [-0.2, -0.15) is 0 Å². The van der Waals surface area contributed by atoms with E-state index in [4.69, 9.17) is 23.2 Å². The van der Waals surface area contributed by atoms with Gasteiger partial charge in [-0.15, -0.1) is 11.6 Å². The van der Waals surface area contributed by atoms with Gasteiger partial charge in [-0.3, -0.25) is 0 Å².